The Hall–Kier alpha value is -4.10. The van der Waals surface area contributed by atoms with E-state index in [2.05, 4.69) is 0 Å². The number of ketones is 1. The zero-order chi connectivity index (χ0) is 28.4. The molecule has 1 aliphatic carbocycles. The third-order valence-electron chi connectivity index (χ3n) is 7.63. The molecule has 4 aromatic rings. The number of halogens is 1. The average Bonchev–Trinajstić information content (AvgIpc) is 2.90. The van der Waals surface area contributed by atoms with Crippen LogP contribution >= 0.6 is 11.6 Å². The molecule has 0 unspecified atom stereocenters. The Kier molecular flexibility index (Phi) is 6.30. The van der Waals surface area contributed by atoms with Gasteiger partial charge in [0.1, 0.15) is 33.8 Å². The molecular formula is C31H29ClO7. The van der Waals surface area contributed by atoms with Crippen molar-refractivity contribution in [2.45, 2.75) is 26.2 Å². The minimum absolute atomic E-state index is 0.0314. The number of hydrogen-bond donors (Lipinski definition) is 2. The summed E-state index contributed by atoms with van der Waals surface area (Å²) >= 11 is 6.55. The van der Waals surface area contributed by atoms with Gasteiger partial charge >= 0.3 is 0 Å². The van der Waals surface area contributed by atoms with E-state index in [0.29, 0.717) is 50.3 Å². The van der Waals surface area contributed by atoms with E-state index in [4.69, 9.17) is 30.5 Å². The van der Waals surface area contributed by atoms with Crippen molar-refractivity contribution in [3.63, 3.8) is 0 Å². The van der Waals surface area contributed by atoms with Crippen LogP contribution < -0.4 is 18.9 Å². The lowest BCUT2D eigenvalue weighted by atomic mass is 9.67. The number of rotatable bonds is 5. The minimum Gasteiger partial charge on any atom is -0.507 e. The van der Waals surface area contributed by atoms with Gasteiger partial charge in [-0.2, -0.15) is 0 Å². The lowest BCUT2D eigenvalue weighted by Gasteiger charge is -2.36. The summed E-state index contributed by atoms with van der Waals surface area (Å²) in [6, 6.07) is 10.5. The van der Waals surface area contributed by atoms with Gasteiger partial charge in [0.25, 0.3) is 0 Å². The maximum Gasteiger partial charge on any atom is 0.201 e. The molecule has 0 heterocycles. The molecule has 0 spiro atoms. The van der Waals surface area contributed by atoms with Crippen LogP contribution in [0, 0.1) is 6.92 Å². The number of hydrogen-bond acceptors (Lipinski definition) is 7. The van der Waals surface area contributed by atoms with Gasteiger partial charge in [-0.05, 0) is 59.3 Å². The molecular weight excluding hydrogens is 520 g/mol. The van der Waals surface area contributed by atoms with E-state index in [-0.39, 0.29) is 33.4 Å². The first-order chi connectivity index (χ1) is 18.5. The van der Waals surface area contributed by atoms with E-state index in [0.717, 1.165) is 5.56 Å². The molecule has 0 bridgehead atoms. The predicted molar refractivity (Wildman–Crippen MR) is 151 cm³/mol. The van der Waals surface area contributed by atoms with Crippen LogP contribution in [-0.4, -0.2) is 44.4 Å². The SMILES string of the molecule is COc1cc(C)c(-c2cc(OC)cc3cc4c(c(O)c23)C(=O)c2c(cc(OC)c(Cl)c2OC)C4(C)C)c(O)c1. The molecule has 0 radical (unpaired) electrons. The van der Waals surface area contributed by atoms with Gasteiger partial charge in [-0.3, -0.25) is 4.79 Å². The molecule has 0 saturated heterocycles. The number of carbonyl (C=O) groups excluding carboxylic acids is 1. The van der Waals surface area contributed by atoms with E-state index in [9.17, 15) is 15.0 Å². The van der Waals surface area contributed by atoms with Gasteiger partial charge < -0.3 is 29.2 Å². The zero-order valence-corrected chi connectivity index (χ0v) is 23.5. The summed E-state index contributed by atoms with van der Waals surface area (Å²) in [6.07, 6.45) is 0. The van der Waals surface area contributed by atoms with Crippen LogP contribution in [-0.2, 0) is 5.41 Å². The van der Waals surface area contributed by atoms with Crippen LogP contribution in [0.4, 0.5) is 0 Å². The number of phenols is 2. The van der Waals surface area contributed by atoms with Crippen LogP contribution in [0.25, 0.3) is 21.9 Å². The monoisotopic (exact) mass is 548 g/mol. The third-order valence-corrected chi connectivity index (χ3v) is 7.98. The molecule has 0 aliphatic heterocycles. The smallest absolute Gasteiger partial charge is 0.201 e. The number of benzene rings is 4. The Labute approximate surface area is 231 Å². The van der Waals surface area contributed by atoms with Crippen LogP contribution in [0.5, 0.6) is 34.5 Å². The molecule has 202 valence electrons. The minimum atomic E-state index is -0.739. The lowest BCUT2D eigenvalue weighted by Crippen LogP contribution is -2.31. The first-order valence-corrected chi connectivity index (χ1v) is 12.6. The number of methoxy groups -OCH3 is 4. The van der Waals surface area contributed by atoms with Gasteiger partial charge in [0.15, 0.2) is 5.75 Å². The van der Waals surface area contributed by atoms with E-state index in [1.807, 2.05) is 26.8 Å². The molecule has 0 amide bonds. The van der Waals surface area contributed by atoms with Gasteiger partial charge in [-0.15, -0.1) is 0 Å². The second-order valence-electron chi connectivity index (χ2n) is 10.1. The Morgan fingerprint density at radius 3 is 2.00 bits per heavy atom. The first-order valence-electron chi connectivity index (χ1n) is 12.3. The van der Waals surface area contributed by atoms with Crippen molar-refractivity contribution >= 4 is 28.2 Å². The summed E-state index contributed by atoms with van der Waals surface area (Å²) in [7, 11) is 6.02. The number of fused-ring (bicyclic) bond motifs is 3. The molecule has 0 fully saturated rings. The van der Waals surface area contributed by atoms with Crippen molar-refractivity contribution in [1.29, 1.82) is 0 Å². The fraction of sp³-hybridized carbons (Fsp3) is 0.258. The van der Waals surface area contributed by atoms with Crippen LogP contribution in [0.15, 0.2) is 36.4 Å². The van der Waals surface area contributed by atoms with Crippen molar-refractivity contribution < 1.29 is 34.0 Å². The summed E-state index contributed by atoms with van der Waals surface area (Å²) in [4.78, 5) is 14.2. The predicted octanol–water partition coefficient (Wildman–Crippen LogP) is 6.78. The Balaban J connectivity index is 1.91. The number of aryl methyl sites for hydroxylation is 1. The normalized spacial score (nSPS) is 13.6. The van der Waals surface area contributed by atoms with Crippen molar-refractivity contribution in [3.05, 3.63) is 69.2 Å². The molecule has 8 heteroatoms. The molecule has 0 aromatic heterocycles. The molecule has 4 aromatic carbocycles. The molecule has 2 N–H and O–H groups in total. The van der Waals surface area contributed by atoms with Gasteiger partial charge in [0.2, 0.25) is 5.78 Å². The molecule has 0 atom stereocenters. The summed E-state index contributed by atoms with van der Waals surface area (Å²) < 4.78 is 22.0. The van der Waals surface area contributed by atoms with Crippen LogP contribution in [0.2, 0.25) is 5.02 Å². The highest BCUT2D eigenvalue weighted by Gasteiger charge is 2.43. The Bertz CT molecular complexity index is 1660. The highest BCUT2D eigenvalue weighted by atomic mass is 35.5. The third kappa shape index (κ3) is 3.75. The Morgan fingerprint density at radius 1 is 0.769 bits per heavy atom. The average molecular weight is 549 g/mol. The summed E-state index contributed by atoms with van der Waals surface area (Å²) in [5.74, 6) is 0.947. The summed E-state index contributed by atoms with van der Waals surface area (Å²) in [5.41, 5.74) is 2.70. The van der Waals surface area contributed by atoms with Crippen molar-refractivity contribution in [2.24, 2.45) is 0 Å². The standard InChI is InChI=1S/C31H29ClO7/c1-14-8-16(36-4)12-21(33)23(14)18-11-17(37-5)9-15-10-19-25(28(34)24(15)18)29(35)26-20(31(19,2)3)13-22(38-6)27(32)30(26)39-7/h8-13,33-34H,1-7H3. The number of ether oxygens (including phenoxy) is 4. The van der Waals surface area contributed by atoms with E-state index in [1.165, 1.54) is 27.4 Å². The fourth-order valence-electron chi connectivity index (χ4n) is 5.68. The maximum atomic E-state index is 14.2. The number of phenolic OH excluding ortho intramolecular Hbond substituents is 2. The van der Waals surface area contributed by atoms with Gasteiger partial charge in [0, 0.05) is 28.0 Å². The van der Waals surface area contributed by atoms with Crippen molar-refractivity contribution in [3.8, 4) is 45.6 Å². The quantitative estimate of drug-likeness (QED) is 0.284. The zero-order valence-electron chi connectivity index (χ0n) is 22.8. The van der Waals surface area contributed by atoms with Crippen LogP contribution in [0.3, 0.4) is 0 Å². The Morgan fingerprint density at radius 2 is 1.41 bits per heavy atom. The van der Waals surface area contributed by atoms with Gasteiger partial charge in [-0.25, -0.2) is 0 Å². The fourth-order valence-corrected chi connectivity index (χ4v) is 5.98. The van der Waals surface area contributed by atoms with Crippen LogP contribution in [0.1, 0.15) is 46.5 Å². The molecule has 7 nitrogen and oxygen atoms in total. The van der Waals surface area contributed by atoms with E-state index in [1.54, 1.807) is 31.4 Å². The van der Waals surface area contributed by atoms with E-state index < -0.39 is 11.2 Å². The van der Waals surface area contributed by atoms with Crippen molar-refractivity contribution in [1.82, 2.24) is 0 Å². The molecule has 0 saturated carbocycles. The number of carbonyl (C=O) groups is 1. The summed E-state index contributed by atoms with van der Waals surface area (Å²) in [6.45, 7) is 5.77. The first kappa shape index (κ1) is 26.5. The summed E-state index contributed by atoms with van der Waals surface area (Å²) in [5, 5.41) is 24.1. The largest absolute Gasteiger partial charge is 0.507 e. The van der Waals surface area contributed by atoms with Crippen molar-refractivity contribution in [2.75, 3.05) is 28.4 Å². The van der Waals surface area contributed by atoms with Gasteiger partial charge in [0.05, 0.1) is 39.6 Å². The highest BCUT2D eigenvalue weighted by molar-refractivity contribution is 6.35. The second-order valence-corrected chi connectivity index (χ2v) is 10.4. The topological polar surface area (TPSA) is 94.5 Å². The van der Waals surface area contributed by atoms with Gasteiger partial charge in [-0.1, -0.05) is 25.4 Å². The second kappa shape index (κ2) is 9.27. The molecule has 5 rings (SSSR count). The molecule has 39 heavy (non-hydrogen) atoms. The highest BCUT2D eigenvalue weighted by Crippen LogP contribution is 2.54. The molecule has 1 aliphatic rings. The lowest BCUT2D eigenvalue weighted by molar-refractivity contribution is 0.102. The van der Waals surface area contributed by atoms with E-state index >= 15 is 0 Å². The number of aromatic hydroxyl groups is 2. The maximum absolute atomic E-state index is 14.2.